The van der Waals surface area contributed by atoms with E-state index in [0.29, 0.717) is 39.4 Å². The first kappa shape index (κ1) is 23.1. The standard InChI is InChI=1S/C56H45BN2O2/c1-55(2,3)36-27-34(28-37(31-36)56(4,5)6)35-29-52-54-53(30-35)61-51-33-39(59-48-21-13-9-17-42(48)43-18-10-14-22-49(43)59)24-26-45(51)57(54)44-25-23-38(32-50(44)60-52)58-46-19-11-7-15-40(46)41-16-8-12-20-47(41)58/h7-33H,1-6H3/i7D,8D,9D,10D,11D,12D,13D,14D,15D,16D,17D,18D,19D,20D,21D,22D. The third-order valence-corrected chi connectivity index (χ3v) is 12.0. The Morgan fingerprint density at radius 3 is 1.16 bits per heavy atom. The lowest BCUT2D eigenvalue weighted by Crippen LogP contribution is -2.57. The Labute approximate surface area is 379 Å². The van der Waals surface area contributed by atoms with Crippen molar-refractivity contribution >= 4 is 66.7 Å². The summed E-state index contributed by atoms with van der Waals surface area (Å²) in [5.74, 6) is 1.51. The monoisotopic (exact) mass is 804 g/mol. The molecule has 4 heterocycles. The lowest BCUT2D eigenvalue weighted by molar-refractivity contribution is 0.464. The van der Waals surface area contributed by atoms with Crippen molar-refractivity contribution in [3.63, 3.8) is 0 Å². The molecule has 2 aromatic heterocycles. The first-order valence-electron chi connectivity index (χ1n) is 28.1. The number of fused-ring (bicyclic) bond motifs is 10. The summed E-state index contributed by atoms with van der Waals surface area (Å²) in [4.78, 5) is 0. The van der Waals surface area contributed by atoms with Gasteiger partial charge < -0.3 is 18.6 Å². The van der Waals surface area contributed by atoms with Gasteiger partial charge in [0.1, 0.15) is 23.0 Å². The largest absolute Gasteiger partial charge is 0.458 e. The zero-order chi connectivity index (χ0) is 55.3. The number of aromatic nitrogens is 2. The van der Waals surface area contributed by atoms with Crippen LogP contribution in [0.3, 0.4) is 0 Å². The van der Waals surface area contributed by atoms with E-state index in [-0.39, 0.29) is 65.8 Å². The van der Waals surface area contributed by atoms with Crippen LogP contribution in [0.5, 0.6) is 23.0 Å². The zero-order valence-electron chi connectivity index (χ0n) is 50.1. The first-order chi connectivity index (χ1) is 36.1. The number of nitrogens with zero attached hydrogens (tertiary/aromatic N) is 2. The summed E-state index contributed by atoms with van der Waals surface area (Å²) in [6, 6.07) is 12.8. The van der Waals surface area contributed by atoms with Crippen LogP contribution in [0.4, 0.5) is 0 Å². The molecule has 8 aromatic carbocycles. The molecule has 0 fully saturated rings. The topological polar surface area (TPSA) is 28.3 Å². The van der Waals surface area contributed by atoms with Gasteiger partial charge in [-0.1, -0.05) is 144 Å². The van der Waals surface area contributed by atoms with Crippen molar-refractivity contribution in [2.24, 2.45) is 0 Å². The van der Waals surface area contributed by atoms with Gasteiger partial charge in [0.05, 0.1) is 44.0 Å². The van der Waals surface area contributed by atoms with Crippen LogP contribution in [-0.2, 0) is 10.8 Å². The molecule has 12 rings (SSSR count). The normalized spacial score (nSPS) is 17.0. The molecule has 0 saturated heterocycles. The molecular formula is C56H45BN2O2. The molecule has 10 aromatic rings. The summed E-state index contributed by atoms with van der Waals surface area (Å²) >= 11 is 0. The third kappa shape index (κ3) is 5.46. The summed E-state index contributed by atoms with van der Waals surface area (Å²) in [6.45, 7) is 12.3. The Balaban J connectivity index is 1.15. The highest BCUT2D eigenvalue weighted by Crippen LogP contribution is 2.43. The van der Waals surface area contributed by atoms with Gasteiger partial charge in [-0.05, 0) is 92.4 Å². The molecule has 2 aliphatic heterocycles. The molecule has 2 aliphatic rings. The van der Waals surface area contributed by atoms with E-state index in [1.807, 2.05) is 12.1 Å². The average molecular weight is 805 g/mol. The van der Waals surface area contributed by atoms with E-state index in [4.69, 9.17) is 31.4 Å². The fraction of sp³-hybridized carbons (Fsp3) is 0.143. The van der Waals surface area contributed by atoms with Crippen molar-refractivity contribution in [2.45, 2.75) is 52.4 Å². The average Bonchev–Trinajstić information content (AvgIpc) is 4.15. The summed E-state index contributed by atoms with van der Waals surface area (Å²) in [6.07, 6.45) is 0. The fourth-order valence-corrected chi connectivity index (χ4v) is 8.93. The maximum atomic E-state index is 9.16. The van der Waals surface area contributed by atoms with Crippen molar-refractivity contribution in [3.8, 4) is 45.5 Å². The number of hydrogen-bond donors (Lipinski definition) is 0. The minimum atomic E-state index is -0.615. The Morgan fingerprint density at radius 2 is 0.787 bits per heavy atom. The molecule has 0 radical (unpaired) electrons. The van der Waals surface area contributed by atoms with Gasteiger partial charge in [0.2, 0.25) is 0 Å². The second-order valence-corrected chi connectivity index (χ2v) is 17.8. The fourth-order valence-electron chi connectivity index (χ4n) is 8.93. The highest BCUT2D eigenvalue weighted by molar-refractivity contribution is 6.98. The second-order valence-electron chi connectivity index (χ2n) is 17.8. The highest BCUT2D eigenvalue weighted by atomic mass is 16.5. The predicted molar refractivity (Wildman–Crippen MR) is 256 cm³/mol. The SMILES string of the molecule is [2H]c1c([2H])c([2H])c2c(c1[2H])c1c([2H])c([2H])c([2H])c([2H])c1n2-c1ccc2c(c1)Oc1cc(-c3cc(C(C)(C)C)cc(C(C)(C)C)c3)cc3c1B2c1ccc(-n2c4c([2H])c([2H])c([2H])c([2H])c4c4c([2H])c([2H])c([2H])c([2H])c42)cc1O3. The van der Waals surface area contributed by atoms with Gasteiger partial charge in [0, 0.05) is 50.5 Å². The maximum absolute atomic E-state index is 9.16. The number of ether oxygens (including phenoxy) is 2. The van der Waals surface area contributed by atoms with Crippen LogP contribution in [0, 0.1) is 0 Å². The van der Waals surface area contributed by atoms with Crippen molar-refractivity contribution in [3.05, 3.63) is 175 Å². The van der Waals surface area contributed by atoms with Crippen LogP contribution in [0.15, 0.2) is 163 Å². The lowest BCUT2D eigenvalue weighted by Gasteiger charge is -2.34. The molecule has 5 heteroatoms. The van der Waals surface area contributed by atoms with Crippen LogP contribution >= 0.6 is 0 Å². The van der Waals surface area contributed by atoms with Gasteiger partial charge in [0.25, 0.3) is 6.71 Å². The molecule has 0 aliphatic carbocycles. The molecule has 61 heavy (non-hydrogen) atoms. The quantitative estimate of drug-likeness (QED) is 0.166. The molecule has 0 unspecified atom stereocenters. The Kier molecular flexibility index (Phi) is 4.84. The lowest BCUT2D eigenvalue weighted by atomic mass is 9.35. The van der Waals surface area contributed by atoms with Crippen molar-refractivity contribution in [1.82, 2.24) is 9.13 Å². The van der Waals surface area contributed by atoms with Gasteiger partial charge in [0.15, 0.2) is 0 Å². The number of hydrogen-bond acceptors (Lipinski definition) is 2. The number of para-hydroxylation sites is 4. The van der Waals surface area contributed by atoms with Crippen LogP contribution < -0.4 is 25.9 Å². The smallest absolute Gasteiger partial charge is 0.260 e. The molecule has 0 saturated carbocycles. The highest BCUT2D eigenvalue weighted by Gasteiger charge is 2.41. The van der Waals surface area contributed by atoms with Crippen molar-refractivity contribution < 1.29 is 31.4 Å². The van der Waals surface area contributed by atoms with Crippen molar-refractivity contribution in [2.75, 3.05) is 0 Å². The Hall–Kier alpha value is -6.98. The molecular weight excluding hydrogens is 743 g/mol. The van der Waals surface area contributed by atoms with Gasteiger partial charge >= 0.3 is 0 Å². The molecule has 294 valence electrons. The first-order valence-corrected chi connectivity index (χ1v) is 20.1. The molecule has 0 spiro atoms. The summed E-state index contributed by atoms with van der Waals surface area (Å²) in [5, 5.41) is -0.252. The van der Waals surface area contributed by atoms with E-state index in [9.17, 15) is 0 Å². The maximum Gasteiger partial charge on any atom is 0.260 e. The molecule has 0 N–H and O–H groups in total. The van der Waals surface area contributed by atoms with Gasteiger partial charge in [-0.3, -0.25) is 0 Å². The summed E-state index contributed by atoms with van der Waals surface area (Å²) in [5.41, 5.74) is 5.70. The van der Waals surface area contributed by atoms with Crippen LogP contribution in [0.2, 0.25) is 0 Å². The number of benzene rings is 8. The molecule has 0 atom stereocenters. The minimum absolute atomic E-state index is 0.0455. The Bertz CT molecular complexity index is 3980. The van der Waals surface area contributed by atoms with E-state index < -0.39 is 103 Å². The van der Waals surface area contributed by atoms with E-state index in [2.05, 4.69) is 59.7 Å². The van der Waals surface area contributed by atoms with E-state index in [0.717, 1.165) is 22.3 Å². The van der Waals surface area contributed by atoms with E-state index in [1.165, 1.54) is 9.13 Å². The van der Waals surface area contributed by atoms with Crippen LogP contribution in [0.1, 0.15) is 74.6 Å². The summed E-state index contributed by atoms with van der Waals surface area (Å²) < 4.78 is 158. The van der Waals surface area contributed by atoms with E-state index in [1.54, 1.807) is 36.4 Å². The van der Waals surface area contributed by atoms with Crippen molar-refractivity contribution in [1.29, 1.82) is 0 Å². The number of rotatable bonds is 3. The van der Waals surface area contributed by atoms with Gasteiger partial charge in [-0.2, -0.15) is 0 Å². The molecule has 0 bridgehead atoms. The predicted octanol–water partition coefficient (Wildman–Crippen LogP) is 12.9. The third-order valence-electron chi connectivity index (χ3n) is 12.0. The van der Waals surface area contributed by atoms with Gasteiger partial charge in [-0.25, -0.2) is 0 Å². The zero-order valence-corrected chi connectivity index (χ0v) is 34.1. The van der Waals surface area contributed by atoms with Crippen LogP contribution in [-0.4, -0.2) is 15.8 Å². The second kappa shape index (κ2) is 12.8. The Morgan fingerprint density at radius 1 is 0.426 bits per heavy atom. The molecule has 4 nitrogen and oxygen atoms in total. The molecule has 0 amide bonds. The van der Waals surface area contributed by atoms with E-state index >= 15 is 0 Å². The van der Waals surface area contributed by atoms with Gasteiger partial charge in [-0.15, -0.1) is 0 Å². The minimum Gasteiger partial charge on any atom is -0.458 e. The van der Waals surface area contributed by atoms with Crippen LogP contribution in [0.25, 0.3) is 66.1 Å². The summed E-state index contributed by atoms with van der Waals surface area (Å²) in [7, 11) is 0.